The van der Waals surface area contributed by atoms with Crippen molar-refractivity contribution in [2.45, 2.75) is 27.3 Å². The molecule has 3 nitrogen and oxygen atoms in total. The van der Waals surface area contributed by atoms with Crippen LogP contribution in [0.15, 0.2) is 18.2 Å². The average Bonchev–Trinajstić information content (AvgIpc) is 2.19. The Hall–Kier alpha value is -1.35. The van der Waals surface area contributed by atoms with Crippen molar-refractivity contribution >= 4 is 5.78 Å². The number of carbonyl (C=O) groups is 1. The lowest BCUT2D eigenvalue weighted by Crippen LogP contribution is -2.22. The molecule has 0 aliphatic heterocycles. The van der Waals surface area contributed by atoms with Gasteiger partial charge >= 0.3 is 0 Å². The van der Waals surface area contributed by atoms with E-state index in [9.17, 15) is 9.90 Å². The molecule has 1 rings (SSSR count). The third-order valence-electron chi connectivity index (χ3n) is 2.60. The second-order valence-electron chi connectivity index (χ2n) is 4.99. The van der Waals surface area contributed by atoms with Gasteiger partial charge in [-0.3, -0.25) is 4.79 Å². The van der Waals surface area contributed by atoms with Crippen LogP contribution in [0.5, 0.6) is 5.75 Å². The fourth-order valence-corrected chi connectivity index (χ4v) is 1.91. The smallest absolute Gasteiger partial charge is 0.159 e. The molecule has 0 bridgehead atoms. The monoisotopic (exact) mass is 235 g/mol. The summed E-state index contributed by atoms with van der Waals surface area (Å²) in [5.74, 6) is 0.863. The van der Waals surface area contributed by atoms with E-state index in [4.69, 9.17) is 0 Å². The third-order valence-corrected chi connectivity index (χ3v) is 2.60. The molecular weight excluding hydrogens is 214 g/mol. The minimum atomic E-state index is 0.0257. The van der Waals surface area contributed by atoms with Gasteiger partial charge in [0.1, 0.15) is 5.75 Å². The first-order valence-electron chi connectivity index (χ1n) is 5.91. The van der Waals surface area contributed by atoms with Crippen molar-refractivity contribution in [3.05, 3.63) is 29.3 Å². The van der Waals surface area contributed by atoms with E-state index in [0.29, 0.717) is 18.0 Å². The van der Waals surface area contributed by atoms with Crippen molar-refractivity contribution in [3.8, 4) is 5.75 Å². The molecule has 0 aromatic heterocycles. The van der Waals surface area contributed by atoms with Crippen LogP contribution >= 0.6 is 0 Å². The van der Waals surface area contributed by atoms with Crippen LogP contribution in [0.4, 0.5) is 0 Å². The SMILES string of the molecule is CC(=O)c1ccc(O)c(CN(C)CC(C)C)c1. The molecule has 1 aromatic carbocycles. The normalized spacial score (nSPS) is 11.2. The summed E-state index contributed by atoms with van der Waals surface area (Å²) in [5.41, 5.74) is 1.46. The van der Waals surface area contributed by atoms with Crippen LogP contribution in [0.3, 0.4) is 0 Å². The lowest BCUT2D eigenvalue weighted by Gasteiger charge is -2.19. The van der Waals surface area contributed by atoms with Crippen molar-refractivity contribution in [1.82, 2.24) is 4.90 Å². The summed E-state index contributed by atoms with van der Waals surface area (Å²) in [6, 6.07) is 5.02. The molecule has 1 aromatic rings. The van der Waals surface area contributed by atoms with E-state index in [1.165, 1.54) is 6.92 Å². The van der Waals surface area contributed by atoms with E-state index in [1.807, 2.05) is 7.05 Å². The second kappa shape index (κ2) is 5.82. The highest BCUT2D eigenvalue weighted by Gasteiger charge is 2.09. The van der Waals surface area contributed by atoms with Crippen molar-refractivity contribution < 1.29 is 9.90 Å². The molecule has 1 N–H and O–H groups in total. The minimum absolute atomic E-state index is 0.0257. The van der Waals surface area contributed by atoms with Gasteiger partial charge in [0.05, 0.1) is 0 Å². The standard InChI is InChI=1S/C14H21NO2/c1-10(2)8-15(4)9-13-7-12(11(3)16)5-6-14(13)17/h5-7,10,17H,8-9H2,1-4H3. The van der Waals surface area contributed by atoms with Gasteiger partial charge in [-0.1, -0.05) is 13.8 Å². The van der Waals surface area contributed by atoms with Gasteiger partial charge in [-0.15, -0.1) is 0 Å². The fourth-order valence-electron chi connectivity index (χ4n) is 1.91. The van der Waals surface area contributed by atoms with Crippen LogP contribution in [0, 0.1) is 5.92 Å². The molecule has 0 aliphatic rings. The summed E-state index contributed by atoms with van der Waals surface area (Å²) >= 11 is 0. The van der Waals surface area contributed by atoms with Crippen LogP contribution in [0.25, 0.3) is 0 Å². The molecule has 3 heteroatoms. The second-order valence-corrected chi connectivity index (χ2v) is 4.99. The van der Waals surface area contributed by atoms with E-state index in [-0.39, 0.29) is 11.5 Å². The summed E-state index contributed by atoms with van der Waals surface area (Å²) in [5, 5.41) is 9.76. The molecule has 0 saturated heterocycles. The Balaban J connectivity index is 2.82. The number of phenols is 1. The summed E-state index contributed by atoms with van der Waals surface area (Å²) in [4.78, 5) is 13.4. The van der Waals surface area contributed by atoms with Gasteiger partial charge in [-0.2, -0.15) is 0 Å². The lowest BCUT2D eigenvalue weighted by atomic mass is 10.1. The number of hydrogen-bond acceptors (Lipinski definition) is 3. The predicted octanol–water partition coefficient (Wildman–Crippen LogP) is 2.68. The summed E-state index contributed by atoms with van der Waals surface area (Å²) < 4.78 is 0. The summed E-state index contributed by atoms with van der Waals surface area (Å²) in [7, 11) is 2.01. The first kappa shape index (κ1) is 13.7. The Morgan fingerprint density at radius 1 is 1.41 bits per heavy atom. The molecular formula is C14H21NO2. The number of phenolic OH excluding ortho intramolecular Hbond substituents is 1. The van der Waals surface area contributed by atoms with Gasteiger partial charge in [-0.05, 0) is 38.1 Å². The first-order valence-corrected chi connectivity index (χ1v) is 5.91. The van der Waals surface area contributed by atoms with Crippen LogP contribution in [0.2, 0.25) is 0 Å². The molecule has 0 atom stereocenters. The maximum absolute atomic E-state index is 11.3. The Morgan fingerprint density at radius 2 is 2.06 bits per heavy atom. The molecule has 0 spiro atoms. The van der Waals surface area contributed by atoms with Crippen molar-refractivity contribution in [1.29, 1.82) is 0 Å². The van der Waals surface area contributed by atoms with Gasteiger partial charge < -0.3 is 10.0 Å². The maximum Gasteiger partial charge on any atom is 0.159 e. The Labute approximate surface area is 103 Å². The molecule has 0 amide bonds. The number of rotatable bonds is 5. The molecule has 0 aliphatic carbocycles. The quantitative estimate of drug-likeness (QED) is 0.798. The Morgan fingerprint density at radius 3 is 2.59 bits per heavy atom. The van der Waals surface area contributed by atoms with Crippen LogP contribution in [-0.4, -0.2) is 29.4 Å². The number of nitrogens with zero attached hydrogens (tertiary/aromatic N) is 1. The zero-order chi connectivity index (χ0) is 13.0. The van der Waals surface area contributed by atoms with E-state index < -0.39 is 0 Å². The van der Waals surface area contributed by atoms with E-state index in [2.05, 4.69) is 18.7 Å². The number of ketones is 1. The van der Waals surface area contributed by atoms with Crippen LogP contribution in [-0.2, 0) is 6.54 Å². The van der Waals surface area contributed by atoms with Gasteiger partial charge in [0.15, 0.2) is 5.78 Å². The lowest BCUT2D eigenvalue weighted by molar-refractivity contribution is 0.101. The van der Waals surface area contributed by atoms with Crippen LogP contribution in [0.1, 0.15) is 36.7 Å². The zero-order valence-electron chi connectivity index (χ0n) is 11.0. The van der Waals surface area contributed by atoms with Gasteiger partial charge in [0, 0.05) is 24.2 Å². The van der Waals surface area contributed by atoms with Gasteiger partial charge in [0.25, 0.3) is 0 Å². The average molecular weight is 235 g/mol. The Kier molecular flexibility index (Phi) is 4.70. The first-order chi connectivity index (χ1) is 7.90. The Bertz CT molecular complexity index is 399. The molecule has 0 radical (unpaired) electrons. The molecule has 0 unspecified atom stereocenters. The minimum Gasteiger partial charge on any atom is -0.508 e. The summed E-state index contributed by atoms with van der Waals surface area (Å²) in [6.07, 6.45) is 0. The van der Waals surface area contributed by atoms with Crippen molar-refractivity contribution in [2.75, 3.05) is 13.6 Å². The van der Waals surface area contributed by atoms with E-state index in [0.717, 1.165) is 12.1 Å². The van der Waals surface area contributed by atoms with Gasteiger partial charge in [0.2, 0.25) is 0 Å². The number of carbonyl (C=O) groups excluding carboxylic acids is 1. The molecule has 94 valence electrons. The molecule has 17 heavy (non-hydrogen) atoms. The number of benzene rings is 1. The highest BCUT2D eigenvalue weighted by atomic mass is 16.3. The highest BCUT2D eigenvalue weighted by molar-refractivity contribution is 5.94. The van der Waals surface area contributed by atoms with Gasteiger partial charge in [-0.25, -0.2) is 0 Å². The maximum atomic E-state index is 11.3. The molecule has 0 fully saturated rings. The zero-order valence-corrected chi connectivity index (χ0v) is 11.0. The number of aromatic hydroxyl groups is 1. The number of hydrogen-bond donors (Lipinski definition) is 1. The van der Waals surface area contributed by atoms with Crippen molar-refractivity contribution in [2.24, 2.45) is 5.92 Å². The molecule has 0 saturated carbocycles. The number of Topliss-reactive ketones (excluding diaryl/α,β-unsaturated/α-hetero) is 1. The largest absolute Gasteiger partial charge is 0.508 e. The van der Waals surface area contributed by atoms with E-state index in [1.54, 1.807) is 18.2 Å². The topological polar surface area (TPSA) is 40.5 Å². The fraction of sp³-hybridized carbons (Fsp3) is 0.500. The predicted molar refractivity (Wildman–Crippen MR) is 69.3 cm³/mol. The van der Waals surface area contributed by atoms with Crippen molar-refractivity contribution in [3.63, 3.8) is 0 Å². The van der Waals surface area contributed by atoms with Crippen LogP contribution < -0.4 is 0 Å². The molecule has 0 heterocycles. The third kappa shape index (κ3) is 4.19. The highest BCUT2D eigenvalue weighted by Crippen LogP contribution is 2.20. The van der Waals surface area contributed by atoms with E-state index >= 15 is 0 Å². The summed E-state index contributed by atoms with van der Waals surface area (Å²) in [6.45, 7) is 7.47.